The standard InChI is InChI=1S/C22H26N2O4/c1-27-17-7-3-8-18(12-17)28-14-15-5-4-10-24(13-15)22(26)19-11-16-6-2-9-20(16)23-21(19)25/h3,7-8,11-12,15H,2,4-6,9-10,13-14H2,1H3,(H,23,25). The van der Waals surface area contributed by atoms with Gasteiger partial charge in [-0.1, -0.05) is 6.07 Å². The second kappa shape index (κ2) is 8.09. The van der Waals surface area contributed by atoms with E-state index in [1.165, 1.54) is 0 Å². The van der Waals surface area contributed by atoms with Crippen molar-refractivity contribution in [2.24, 2.45) is 5.92 Å². The second-order valence-electron chi connectivity index (χ2n) is 7.62. The number of carbonyl (C=O) groups excluding carboxylic acids is 1. The molecule has 1 fully saturated rings. The molecule has 0 radical (unpaired) electrons. The zero-order valence-corrected chi connectivity index (χ0v) is 16.2. The number of aromatic amines is 1. The third-order valence-corrected chi connectivity index (χ3v) is 5.65. The predicted octanol–water partition coefficient (Wildman–Crippen LogP) is 2.80. The summed E-state index contributed by atoms with van der Waals surface area (Å²) in [5, 5.41) is 0. The van der Waals surface area contributed by atoms with Crippen molar-refractivity contribution in [1.29, 1.82) is 0 Å². The Kier molecular flexibility index (Phi) is 5.37. The van der Waals surface area contributed by atoms with Gasteiger partial charge in [-0.25, -0.2) is 0 Å². The van der Waals surface area contributed by atoms with E-state index in [2.05, 4.69) is 4.98 Å². The summed E-state index contributed by atoms with van der Waals surface area (Å²) in [5.41, 5.74) is 2.11. The topological polar surface area (TPSA) is 71.6 Å². The number of hydrogen-bond acceptors (Lipinski definition) is 4. The molecule has 2 heterocycles. The van der Waals surface area contributed by atoms with Crippen molar-refractivity contribution in [2.45, 2.75) is 32.1 Å². The van der Waals surface area contributed by atoms with Crippen LogP contribution in [0.15, 0.2) is 35.1 Å². The number of fused-ring (bicyclic) bond motifs is 1. The smallest absolute Gasteiger partial charge is 0.261 e. The van der Waals surface area contributed by atoms with E-state index in [-0.39, 0.29) is 22.9 Å². The second-order valence-corrected chi connectivity index (χ2v) is 7.62. The van der Waals surface area contributed by atoms with Crippen LogP contribution in [-0.2, 0) is 12.8 Å². The van der Waals surface area contributed by atoms with Gasteiger partial charge in [-0.15, -0.1) is 0 Å². The van der Waals surface area contributed by atoms with Gasteiger partial charge in [0.1, 0.15) is 17.1 Å². The van der Waals surface area contributed by atoms with Gasteiger partial charge in [-0.2, -0.15) is 0 Å². The molecule has 1 aromatic heterocycles. The molecule has 1 N–H and O–H groups in total. The first kappa shape index (κ1) is 18.6. The lowest BCUT2D eigenvalue weighted by Gasteiger charge is -2.32. The molecule has 0 saturated carbocycles. The fourth-order valence-electron chi connectivity index (χ4n) is 4.13. The van der Waals surface area contributed by atoms with Gasteiger partial charge >= 0.3 is 0 Å². The summed E-state index contributed by atoms with van der Waals surface area (Å²) >= 11 is 0. The third-order valence-electron chi connectivity index (χ3n) is 5.65. The van der Waals surface area contributed by atoms with E-state index in [1.54, 1.807) is 18.1 Å². The Labute approximate surface area is 164 Å². The molecule has 1 aliphatic heterocycles. The molecule has 1 aromatic carbocycles. The molecule has 2 aromatic rings. The van der Waals surface area contributed by atoms with Gasteiger partial charge in [0, 0.05) is 30.8 Å². The molecule has 1 atom stereocenters. The van der Waals surface area contributed by atoms with E-state index in [0.717, 1.165) is 54.9 Å². The summed E-state index contributed by atoms with van der Waals surface area (Å²) in [5.74, 6) is 1.60. The first-order valence-corrected chi connectivity index (χ1v) is 9.95. The monoisotopic (exact) mass is 382 g/mol. The van der Waals surface area contributed by atoms with E-state index in [9.17, 15) is 9.59 Å². The van der Waals surface area contributed by atoms with Gasteiger partial charge in [0.2, 0.25) is 0 Å². The number of rotatable bonds is 5. The van der Waals surface area contributed by atoms with Crippen molar-refractivity contribution >= 4 is 5.91 Å². The minimum atomic E-state index is -0.264. The Morgan fingerprint density at radius 1 is 1.21 bits per heavy atom. The van der Waals surface area contributed by atoms with Gasteiger partial charge < -0.3 is 19.4 Å². The number of pyridine rings is 1. The fraction of sp³-hybridized carbons (Fsp3) is 0.455. The Bertz CT molecular complexity index is 921. The number of hydrogen-bond donors (Lipinski definition) is 1. The third kappa shape index (κ3) is 3.91. The lowest BCUT2D eigenvalue weighted by Crippen LogP contribution is -2.43. The van der Waals surface area contributed by atoms with Crippen LogP contribution in [0.4, 0.5) is 0 Å². The molecular weight excluding hydrogens is 356 g/mol. The maximum Gasteiger partial charge on any atom is 0.261 e. The number of benzene rings is 1. The molecule has 0 bridgehead atoms. The van der Waals surface area contributed by atoms with Gasteiger partial charge in [-0.05, 0) is 55.9 Å². The van der Waals surface area contributed by atoms with E-state index in [0.29, 0.717) is 19.7 Å². The van der Waals surface area contributed by atoms with Crippen LogP contribution in [-0.4, -0.2) is 42.6 Å². The zero-order valence-electron chi connectivity index (χ0n) is 16.2. The molecule has 6 nitrogen and oxygen atoms in total. The minimum absolute atomic E-state index is 0.165. The van der Waals surface area contributed by atoms with E-state index >= 15 is 0 Å². The number of nitrogens with one attached hydrogen (secondary N) is 1. The Hall–Kier alpha value is -2.76. The number of likely N-dealkylation sites (tertiary alicyclic amines) is 1. The van der Waals surface area contributed by atoms with Crippen LogP contribution >= 0.6 is 0 Å². The highest BCUT2D eigenvalue weighted by Crippen LogP contribution is 2.24. The number of nitrogens with zero attached hydrogens (tertiary/aromatic N) is 1. The molecule has 1 amide bonds. The molecule has 148 valence electrons. The van der Waals surface area contributed by atoms with Crippen LogP contribution < -0.4 is 15.0 Å². The van der Waals surface area contributed by atoms with Gasteiger partial charge in [0.15, 0.2) is 0 Å². The average Bonchev–Trinajstić information content (AvgIpc) is 3.18. The number of amides is 1. The van der Waals surface area contributed by atoms with Crippen LogP contribution in [0.25, 0.3) is 0 Å². The Morgan fingerprint density at radius 2 is 2.07 bits per heavy atom. The predicted molar refractivity (Wildman–Crippen MR) is 106 cm³/mol. The van der Waals surface area contributed by atoms with E-state index < -0.39 is 0 Å². The largest absolute Gasteiger partial charge is 0.497 e. The zero-order chi connectivity index (χ0) is 19.5. The van der Waals surface area contributed by atoms with Gasteiger partial charge in [0.25, 0.3) is 11.5 Å². The number of piperidine rings is 1. The van der Waals surface area contributed by atoms with Crippen LogP contribution in [0.3, 0.4) is 0 Å². The summed E-state index contributed by atoms with van der Waals surface area (Å²) in [6, 6.07) is 9.33. The molecule has 4 rings (SSSR count). The van der Waals surface area contributed by atoms with Crippen molar-refractivity contribution in [3.63, 3.8) is 0 Å². The molecule has 6 heteroatoms. The number of ether oxygens (including phenoxy) is 2. The molecular formula is C22H26N2O4. The highest BCUT2D eigenvalue weighted by Gasteiger charge is 2.27. The Balaban J connectivity index is 1.41. The van der Waals surface area contributed by atoms with Crippen LogP contribution in [0, 0.1) is 5.92 Å². The summed E-state index contributed by atoms with van der Waals surface area (Å²) in [6.45, 7) is 1.84. The van der Waals surface area contributed by atoms with Crippen LogP contribution in [0.2, 0.25) is 0 Å². The van der Waals surface area contributed by atoms with Crippen LogP contribution in [0.1, 0.15) is 40.9 Å². The van der Waals surface area contributed by atoms with E-state index in [1.807, 2.05) is 24.3 Å². The highest BCUT2D eigenvalue weighted by atomic mass is 16.5. The van der Waals surface area contributed by atoms with Gasteiger partial charge in [-0.3, -0.25) is 9.59 Å². The maximum absolute atomic E-state index is 13.0. The lowest BCUT2D eigenvalue weighted by molar-refractivity contribution is 0.0631. The minimum Gasteiger partial charge on any atom is -0.497 e. The maximum atomic E-state index is 13.0. The molecule has 28 heavy (non-hydrogen) atoms. The summed E-state index contributed by atoms with van der Waals surface area (Å²) in [7, 11) is 1.63. The van der Waals surface area contributed by atoms with Gasteiger partial charge in [0.05, 0.1) is 13.7 Å². The van der Waals surface area contributed by atoms with Crippen molar-refractivity contribution in [3.05, 3.63) is 57.5 Å². The molecule has 0 spiro atoms. The van der Waals surface area contributed by atoms with Crippen molar-refractivity contribution in [1.82, 2.24) is 9.88 Å². The molecule has 1 unspecified atom stereocenters. The first-order valence-electron chi connectivity index (χ1n) is 9.95. The van der Waals surface area contributed by atoms with Crippen molar-refractivity contribution in [2.75, 3.05) is 26.8 Å². The Morgan fingerprint density at radius 3 is 2.93 bits per heavy atom. The number of H-pyrrole nitrogens is 1. The van der Waals surface area contributed by atoms with E-state index in [4.69, 9.17) is 9.47 Å². The SMILES string of the molecule is COc1cccc(OCC2CCCN(C(=O)c3cc4c([nH]c3=O)CCC4)C2)c1. The summed E-state index contributed by atoms with van der Waals surface area (Å²) < 4.78 is 11.1. The van der Waals surface area contributed by atoms with Crippen molar-refractivity contribution in [3.8, 4) is 11.5 Å². The van der Waals surface area contributed by atoms with Crippen LogP contribution in [0.5, 0.6) is 11.5 Å². The number of aryl methyl sites for hydroxylation is 2. The molecule has 1 saturated heterocycles. The molecule has 2 aliphatic rings. The number of carbonyl (C=O) groups is 1. The average molecular weight is 382 g/mol. The normalized spacial score (nSPS) is 18.6. The number of aromatic nitrogens is 1. The highest BCUT2D eigenvalue weighted by molar-refractivity contribution is 5.94. The summed E-state index contributed by atoms with van der Waals surface area (Å²) in [6.07, 6.45) is 4.79. The van der Waals surface area contributed by atoms with Crippen molar-refractivity contribution < 1.29 is 14.3 Å². The lowest BCUT2D eigenvalue weighted by atomic mass is 9.98. The first-order chi connectivity index (χ1) is 13.6. The number of methoxy groups -OCH3 is 1. The fourth-order valence-corrected chi connectivity index (χ4v) is 4.13. The molecule has 1 aliphatic carbocycles. The summed E-state index contributed by atoms with van der Waals surface area (Å²) in [4.78, 5) is 30.1. The quantitative estimate of drug-likeness (QED) is 0.863.